The topological polar surface area (TPSA) is 112 Å². The predicted octanol–water partition coefficient (Wildman–Crippen LogP) is 6.26. The maximum Gasteiger partial charge on any atom is 0.309 e. The first-order valence-corrected chi connectivity index (χ1v) is 13.4. The molecule has 7 nitrogen and oxygen atoms in total. The molecule has 198 valence electrons. The van der Waals surface area contributed by atoms with Crippen molar-refractivity contribution in [1.82, 2.24) is 0 Å². The zero-order valence-corrected chi connectivity index (χ0v) is 21.4. The van der Waals surface area contributed by atoms with E-state index in [0.29, 0.717) is 6.54 Å². The Morgan fingerprint density at radius 3 is 1.09 bits per heavy atom. The first-order valence-electron chi connectivity index (χ1n) is 13.4. The van der Waals surface area contributed by atoms with Crippen LogP contribution in [0.4, 0.5) is 0 Å². The minimum atomic E-state index is -0.934. The molecular weight excluding hydrogens is 434 g/mol. The highest BCUT2D eigenvalue weighted by Crippen LogP contribution is 2.17. The lowest BCUT2D eigenvalue weighted by molar-refractivity contribution is -0.927. The molecule has 0 fully saturated rings. The van der Waals surface area contributed by atoms with Gasteiger partial charge in [-0.3, -0.25) is 14.4 Å². The normalized spacial score (nSPS) is 11.4. The van der Waals surface area contributed by atoms with Gasteiger partial charge in [-0.15, -0.1) is 6.58 Å². The summed E-state index contributed by atoms with van der Waals surface area (Å²) in [4.78, 5) is 33.3. The lowest BCUT2D eigenvalue weighted by Gasteiger charge is -2.38. The van der Waals surface area contributed by atoms with Crippen molar-refractivity contribution in [2.45, 2.75) is 116 Å². The van der Waals surface area contributed by atoms with Gasteiger partial charge in [0.15, 0.2) is 0 Å². The molecule has 0 spiro atoms. The monoisotopic (exact) mass is 484 g/mol. The standard InChI is InChI=1S/C27H49NO6/c1-2-3-4-5-6-7-8-9-10-11-12-13-14-15-16-17-21-28(22-18-25(29)30,23-19-26(31)32)24-20-27(33)34/h2H,1,3-24H2,(H2-,29,30,31,32,33,34)/p+1. The molecule has 0 aromatic carbocycles. The summed E-state index contributed by atoms with van der Waals surface area (Å²) in [6.45, 7) is 5.24. The largest absolute Gasteiger partial charge is 0.481 e. The number of hydrogen-bond donors (Lipinski definition) is 3. The lowest BCUT2D eigenvalue weighted by atomic mass is 10.0. The lowest BCUT2D eigenvalue weighted by Crippen LogP contribution is -2.52. The molecule has 0 aromatic rings. The molecule has 0 rings (SSSR count). The summed E-state index contributed by atoms with van der Waals surface area (Å²) in [5, 5.41) is 27.3. The number of aliphatic carboxylic acids is 3. The van der Waals surface area contributed by atoms with Gasteiger partial charge in [-0.2, -0.15) is 0 Å². The van der Waals surface area contributed by atoms with Crippen LogP contribution in [-0.2, 0) is 14.4 Å². The van der Waals surface area contributed by atoms with Crippen LogP contribution < -0.4 is 0 Å². The van der Waals surface area contributed by atoms with Crippen LogP contribution >= 0.6 is 0 Å². The van der Waals surface area contributed by atoms with E-state index >= 15 is 0 Å². The number of allylic oxidation sites excluding steroid dienone is 1. The van der Waals surface area contributed by atoms with Gasteiger partial charge in [0.05, 0.1) is 45.4 Å². The van der Waals surface area contributed by atoms with Crippen molar-refractivity contribution in [3.63, 3.8) is 0 Å². The number of carbonyl (C=O) groups is 3. The van der Waals surface area contributed by atoms with Gasteiger partial charge >= 0.3 is 17.9 Å². The number of quaternary nitrogens is 1. The minimum absolute atomic E-state index is 0.0749. The highest BCUT2D eigenvalue weighted by Gasteiger charge is 2.29. The van der Waals surface area contributed by atoms with Crippen LogP contribution in [-0.4, -0.2) is 63.9 Å². The maximum absolute atomic E-state index is 11.1. The average molecular weight is 485 g/mol. The Morgan fingerprint density at radius 1 is 0.500 bits per heavy atom. The van der Waals surface area contributed by atoms with Gasteiger partial charge in [0, 0.05) is 0 Å². The fourth-order valence-corrected chi connectivity index (χ4v) is 4.53. The molecular formula is C27H50NO6+. The SMILES string of the molecule is C=CCCCCCCCCCCCCCCCC[N+](CCC(=O)O)(CCC(=O)O)CCC(=O)O. The second kappa shape index (κ2) is 21.6. The third kappa shape index (κ3) is 20.7. The van der Waals surface area contributed by atoms with Crippen molar-refractivity contribution in [1.29, 1.82) is 0 Å². The van der Waals surface area contributed by atoms with Gasteiger partial charge in [0.2, 0.25) is 0 Å². The van der Waals surface area contributed by atoms with Crippen molar-refractivity contribution in [2.24, 2.45) is 0 Å². The second-order valence-corrected chi connectivity index (χ2v) is 9.69. The molecule has 0 saturated carbocycles. The van der Waals surface area contributed by atoms with Crippen LogP contribution in [0.25, 0.3) is 0 Å². The van der Waals surface area contributed by atoms with E-state index < -0.39 is 17.9 Å². The van der Waals surface area contributed by atoms with E-state index in [0.717, 1.165) is 25.7 Å². The van der Waals surface area contributed by atoms with Gasteiger partial charge in [-0.25, -0.2) is 0 Å². The number of carboxylic acid groups (broad SMARTS) is 3. The molecule has 0 bridgehead atoms. The predicted molar refractivity (Wildman–Crippen MR) is 136 cm³/mol. The Bertz CT molecular complexity index is 518. The molecule has 0 aliphatic rings. The number of carboxylic acids is 3. The Labute approximate surface area is 206 Å². The summed E-state index contributed by atoms with van der Waals surface area (Å²) >= 11 is 0. The molecule has 34 heavy (non-hydrogen) atoms. The smallest absolute Gasteiger partial charge is 0.309 e. The Hall–Kier alpha value is -1.89. The molecule has 7 heteroatoms. The molecule has 0 radical (unpaired) electrons. The molecule has 3 N–H and O–H groups in total. The summed E-state index contributed by atoms with van der Waals surface area (Å²) in [5.41, 5.74) is 0. The van der Waals surface area contributed by atoms with E-state index in [4.69, 9.17) is 15.3 Å². The third-order valence-electron chi connectivity index (χ3n) is 6.69. The van der Waals surface area contributed by atoms with Crippen LogP contribution in [0.2, 0.25) is 0 Å². The molecule has 0 aliphatic heterocycles. The van der Waals surface area contributed by atoms with Gasteiger partial charge in [0.25, 0.3) is 0 Å². The van der Waals surface area contributed by atoms with Crippen molar-refractivity contribution in [3.8, 4) is 0 Å². The van der Waals surface area contributed by atoms with E-state index in [2.05, 4.69) is 6.58 Å². The van der Waals surface area contributed by atoms with Crippen LogP contribution in [0.3, 0.4) is 0 Å². The van der Waals surface area contributed by atoms with Crippen molar-refractivity contribution >= 4 is 17.9 Å². The summed E-state index contributed by atoms with van der Waals surface area (Å²) in [5.74, 6) is -2.80. The Kier molecular flexibility index (Phi) is 20.4. The summed E-state index contributed by atoms with van der Waals surface area (Å²) < 4.78 is 0.263. The molecule has 0 saturated heterocycles. The van der Waals surface area contributed by atoms with Crippen molar-refractivity contribution in [3.05, 3.63) is 12.7 Å². The number of nitrogens with zero attached hydrogens (tertiary/aromatic N) is 1. The van der Waals surface area contributed by atoms with E-state index in [9.17, 15) is 14.4 Å². The third-order valence-corrected chi connectivity index (χ3v) is 6.69. The highest BCUT2D eigenvalue weighted by atomic mass is 16.4. The number of unbranched alkanes of at least 4 members (excludes halogenated alkanes) is 14. The first kappa shape index (κ1) is 32.1. The zero-order chi connectivity index (χ0) is 25.5. The Morgan fingerprint density at radius 2 is 0.794 bits per heavy atom. The Balaban J connectivity index is 4.04. The maximum atomic E-state index is 11.1. The molecule has 0 aromatic heterocycles. The molecule has 0 unspecified atom stereocenters. The summed E-state index contributed by atoms with van der Waals surface area (Å²) in [6.07, 6.45) is 20.2. The quantitative estimate of drug-likeness (QED) is 0.0758. The molecule has 0 heterocycles. The fraction of sp³-hybridized carbons (Fsp3) is 0.815. The highest BCUT2D eigenvalue weighted by molar-refractivity contribution is 5.67. The average Bonchev–Trinajstić information content (AvgIpc) is 2.79. The van der Waals surface area contributed by atoms with Gasteiger partial charge in [-0.1, -0.05) is 76.7 Å². The van der Waals surface area contributed by atoms with Gasteiger partial charge < -0.3 is 19.8 Å². The fourth-order valence-electron chi connectivity index (χ4n) is 4.53. The summed E-state index contributed by atoms with van der Waals surface area (Å²) in [6, 6.07) is 0. The van der Waals surface area contributed by atoms with E-state index in [1.807, 2.05) is 6.08 Å². The van der Waals surface area contributed by atoms with Crippen molar-refractivity contribution < 1.29 is 34.2 Å². The molecule has 0 aliphatic carbocycles. The summed E-state index contributed by atoms with van der Waals surface area (Å²) in [7, 11) is 0. The van der Waals surface area contributed by atoms with Crippen LogP contribution in [0, 0.1) is 0 Å². The second-order valence-electron chi connectivity index (χ2n) is 9.69. The zero-order valence-electron chi connectivity index (χ0n) is 21.4. The van der Waals surface area contributed by atoms with Crippen LogP contribution in [0.1, 0.15) is 116 Å². The van der Waals surface area contributed by atoms with Crippen LogP contribution in [0.5, 0.6) is 0 Å². The number of hydrogen-bond acceptors (Lipinski definition) is 3. The number of rotatable bonds is 26. The minimum Gasteiger partial charge on any atom is -0.481 e. The van der Waals surface area contributed by atoms with Gasteiger partial charge in [0.1, 0.15) is 0 Å². The first-order chi connectivity index (χ1) is 16.3. The van der Waals surface area contributed by atoms with E-state index in [1.165, 1.54) is 70.6 Å². The van der Waals surface area contributed by atoms with Gasteiger partial charge in [-0.05, 0) is 25.7 Å². The molecule has 0 atom stereocenters. The molecule has 0 amide bonds. The van der Waals surface area contributed by atoms with E-state index in [-0.39, 0.29) is 43.4 Å². The van der Waals surface area contributed by atoms with Crippen LogP contribution in [0.15, 0.2) is 12.7 Å². The van der Waals surface area contributed by atoms with Crippen molar-refractivity contribution in [2.75, 3.05) is 26.2 Å². The van der Waals surface area contributed by atoms with E-state index in [1.54, 1.807) is 0 Å².